The van der Waals surface area contributed by atoms with E-state index < -0.39 is 20.2 Å². The fourth-order valence-corrected chi connectivity index (χ4v) is 4.20. The van der Waals surface area contributed by atoms with E-state index in [1.165, 1.54) is 18.2 Å². The van der Waals surface area contributed by atoms with Gasteiger partial charge in [0.2, 0.25) is 0 Å². The first-order valence-electron chi connectivity index (χ1n) is 8.67. The molecule has 146 valence electrons. The van der Waals surface area contributed by atoms with Gasteiger partial charge < -0.3 is 0 Å². The number of hydrogen-bond donors (Lipinski definition) is 0. The van der Waals surface area contributed by atoms with Crippen LogP contribution in [0.25, 0.3) is 11.1 Å². The van der Waals surface area contributed by atoms with Gasteiger partial charge in [-0.3, -0.25) is 0 Å². The fraction of sp³-hybridized carbons (Fsp3) is 0.238. The Morgan fingerprint density at radius 1 is 0.893 bits per heavy atom. The third-order valence-electron chi connectivity index (χ3n) is 5.23. The van der Waals surface area contributed by atoms with Crippen LogP contribution in [0.15, 0.2) is 59.5 Å². The van der Waals surface area contributed by atoms with Crippen LogP contribution < -0.4 is 0 Å². The first kappa shape index (κ1) is 18.9. The van der Waals surface area contributed by atoms with Gasteiger partial charge in [-0.25, -0.2) is 12.8 Å². The van der Waals surface area contributed by atoms with Crippen molar-refractivity contribution in [1.29, 1.82) is 0 Å². The van der Waals surface area contributed by atoms with Crippen LogP contribution in [0, 0.1) is 18.2 Å². The number of benzene rings is 2. The van der Waals surface area contributed by atoms with E-state index in [4.69, 9.17) is 0 Å². The lowest BCUT2D eigenvalue weighted by molar-refractivity contribution is -0.0436. The third kappa shape index (κ3) is 3.07. The molecule has 0 saturated heterocycles. The molecule has 1 saturated carbocycles. The number of halogens is 4. The van der Waals surface area contributed by atoms with Crippen molar-refractivity contribution >= 4 is 21.0 Å². The molecule has 4 rings (SSSR count). The van der Waals surface area contributed by atoms with E-state index in [1.54, 1.807) is 19.1 Å². The molecule has 0 radical (unpaired) electrons. The van der Waals surface area contributed by atoms with Crippen LogP contribution in [0.2, 0.25) is 0 Å². The van der Waals surface area contributed by atoms with E-state index in [2.05, 4.69) is 12.2 Å². The second kappa shape index (κ2) is 6.04. The first-order chi connectivity index (χ1) is 13.0. The van der Waals surface area contributed by atoms with E-state index in [9.17, 15) is 26.0 Å². The summed E-state index contributed by atoms with van der Waals surface area (Å²) in [6.45, 7) is 1.67. The highest BCUT2D eigenvalue weighted by Gasteiger charge is 2.47. The van der Waals surface area contributed by atoms with E-state index in [0.717, 1.165) is 41.7 Å². The summed E-state index contributed by atoms with van der Waals surface area (Å²) in [5, 5.41) is 0. The normalized spacial score (nSPS) is 18.2. The minimum Gasteiger partial charge on any atom is -0.214 e. The van der Waals surface area contributed by atoms with Gasteiger partial charge in [0.1, 0.15) is 5.82 Å². The molecule has 2 nitrogen and oxygen atoms in total. The van der Waals surface area contributed by atoms with E-state index in [0.29, 0.717) is 11.1 Å². The maximum absolute atomic E-state index is 13.6. The molecule has 2 aromatic carbocycles. The standard InChI is InChI=1S/C21H16F4O2S/c1-13-10-15(4-7-19(13)22)18-12-20(8-9-20)11-17(18)14-2-5-16(6-3-14)28(26,27)21(23,24)25/h2-7,10-12H,8-9H2,1H3. The van der Waals surface area contributed by atoms with Crippen LogP contribution in [-0.4, -0.2) is 13.9 Å². The summed E-state index contributed by atoms with van der Waals surface area (Å²) in [5.74, 6) is -0.310. The fourth-order valence-electron chi connectivity index (χ4n) is 3.44. The van der Waals surface area contributed by atoms with Crippen molar-refractivity contribution in [2.45, 2.75) is 30.2 Å². The zero-order valence-electron chi connectivity index (χ0n) is 14.8. The van der Waals surface area contributed by atoms with Gasteiger partial charge in [0, 0.05) is 5.41 Å². The molecule has 0 heterocycles. The number of sulfone groups is 1. The summed E-state index contributed by atoms with van der Waals surface area (Å²) in [6, 6.07) is 9.52. The Morgan fingerprint density at radius 2 is 1.43 bits per heavy atom. The highest BCUT2D eigenvalue weighted by molar-refractivity contribution is 7.92. The second-order valence-electron chi connectivity index (χ2n) is 7.29. The molecule has 0 amide bonds. The lowest BCUT2D eigenvalue weighted by Gasteiger charge is -2.12. The molecule has 0 unspecified atom stereocenters. The monoisotopic (exact) mass is 408 g/mol. The molecular formula is C21H16F4O2S. The Morgan fingerprint density at radius 3 is 1.93 bits per heavy atom. The van der Waals surface area contributed by atoms with Gasteiger partial charge in [-0.15, -0.1) is 0 Å². The Labute approximate surface area is 160 Å². The van der Waals surface area contributed by atoms with Gasteiger partial charge in [0.15, 0.2) is 0 Å². The topological polar surface area (TPSA) is 34.1 Å². The van der Waals surface area contributed by atoms with Gasteiger partial charge in [-0.2, -0.15) is 13.2 Å². The molecular weight excluding hydrogens is 392 g/mol. The van der Waals surface area contributed by atoms with Gasteiger partial charge in [-0.1, -0.05) is 30.4 Å². The Hall–Kier alpha value is -2.41. The van der Waals surface area contributed by atoms with Crippen LogP contribution in [-0.2, 0) is 9.84 Å². The summed E-state index contributed by atoms with van der Waals surface area (Å²) >= 11 is 0. The van der Waals surface area contributed by atoms with Crippen molar-refractivity contribution in [2.75, 3.05) is 0 Å². The number of hydrogen-bond acceptors (Lipinski definition) is 2. The lowest BCUT2D eigenvalue weighted by Crippen LogP contribution is -2.23. The number of alkyl halides is 3. The summed E-state index contributed by atoms with van der Waals surface area (Å²) in [5.41, 5.74) is -1.76. The van der Waals surface area contributed by atoms with Crippen molar-refractivity contribution in [1.82, 2.24) is 0 Å². The van der Waals surface area contributed by atoms with Gasteiger partial charge in [0.05, 0.1) is 4.90 Å². The lowest BCUT2D eigenvalue weighted by atomic mass is 9.94. The van der Waals surface area contributed by atoms with Crippen LogP contribution >= 0.6 is 0 Å². The molecule has 0 aromatic heterocycles. The van der Waals surface area contributed by atoms with E-state index in [1.807, 2.05) is 0 Å². The molecule has 2 aliphatic rings. The molecule has 7 heteroatoms. The Kier molecular flexibility index (Phi) is 4.08. The highest BCUT2D eigenvalue weighted by Crippen LogP contribution is 2.57. The van der Waals surface area contributed by atoms with Gasteiger partial charge >= 0.3 is 5.51 Å². The van der Waals surface area contributed by atoms with Crippen molar-refractivity contribution in [3.63, 3.8) is 0 Å². The molecule has 1 spiro atoms. The minimum absolute atomic E-state index is 0.0658. The zero-order chi connectivity index (χ0) is 20.3. The zero-order valence-corrected chi connectivity index (χ0v) is 15.7. The maximum Gasteiger partial charge on any atom is 0.501 e. The predicted octanol–water partition coefficient (Wildman–Crippen LogP) is 5.69. The maximum atomic E-state index is 13.6. The molecule has 0 bridgehead atoms. The van der Waals surface area contributed by atoms with Crippen molar-refractivity contribution < 1.29 is 26.0 Å². The van der Waals surface area contributed by atoms with Crippen molar-refractivity contribution in [2.24, 2.45) is 5.41 Å². The summed E-state index contributed by atoms with van der Waals surface area (Å²) in [4.78, 5) is -0.786. The summed E-state index contributed by atoms with van der Waals surface area (Å²) < 4.78 is 75.0. The average Bonchev–Trinajstić information content (AvgIpc) is 3.27. The largest absolute Gasteiger partial charge is 0.501 e. The number of rotatable bonds is 3. The van der Waals surface area contributed by atoms with Crippen molar-refractivity contribution in [3.05, 3.63) is 77.1 Å². The van der Waals surface area contributed by atoms with Gasteiger partial charge in [0.25, 0.3) is 9.84 Å². The van der Waals surface area contributed by atoms with Gasteiger partial charge in [-0.05, 0) is 71.9 Å². The first-order valence-corrected chi connectivity index (χ1v) is 10.2. The molecule has 2 aromatic rings. The molecule has 1 fully saturated rings. The van der Waals surface area contributed by atoms with Crippen LogP contribution in [0.4, 0.5) is 17.6 Å². The second-order valence-corrected chi connectivity index (χ2v) is 9.23. The number of aryl methyl sites for hydroxylation is 1. The Balaban J connectivity index is 1.74. The highest BCUT2D eigenvalue weighted by atomic mass is 32.2. The van der Waals surface area contributed by atoms with Crippen LogP contribution in [0.5, 0.6) is 0 Å². The molecule has 28 heavy (non-hydrogen) atoms. The van der Waals surface area contributed by atoms with E-state index >= 15 is 0 Å². The summed E-state index contributed by atoms with van der Waals surface area (Å²) in [6.07, 6.45) is 6.12. The van der Waals surface area contributed by atoms with Crippen molar-refractivity contribution in [3.8, 4) is 0 Å². The average molecular weight is 408 g/mol. The van der Waals surface area contributed by atoms with E-state index in [-0.39, 0.29) is 11.2 Å². The molecule has 0 atom stereocenters. The minimum atomic E-state index is -5.38. The van der Waals surface area contributed by atoms with Crippen LogP contribution in [0.1, 0.15) is 29.5 Å². The smallest absolute Gasteiger partial charge is 0.214 e. The summed E-state index contributed by atoms with van der Waals surface area (Å²) in [7, 11) is -5.38. The van der Waals surface area contributed by atoms with Crippen LogP contribution in [0.3, 0.4) is 0 Å². The molecule has 0 N–H and O–H groups in total. The quantitative estimate of drug-likeness (QED) is 0.612. The molecule has 0 aliphatic heterocycles. The predicted molar refractivity (Wildman–Crippen MR) is 98.4 cm³/mol. The number of allylic oxidation sites excluding steroid dienone is 4. The molecule has 2 aliphatic carbocycles. The Bertz CT molecular complexity index is 1120. The SMILES string of the molecule is Cc1cc(C2=CC3(C=C2c2ccc(S(=O)(=O)C(F)(F)F)cc2)CC3)ccc1F. The third-order valence-corrected chi connectivity index (χ3v) is 6.73.